The first-order valence-corrected chi connectivity index (χ1v) is 9.37. The summed E-state index contributed by atoms with van der Waals surface area (Å²) in [4.78, 5) is 12.2. The lowest BCUT2D eigenvalue weighted by atomic mass is 10.0. The van der Waals surface area contributed by atoms with Crippen LogP contribution in [0.5, 0.6) is 0 Å². The van der Waals surface area contributed by atoms with Gasteiger partial charge in [0.2, 0.25) is 0 Å². The highest BCUT2D eigenvalue weighted by Crippen LogP contribution is 2.31. The number of aliphatic hydroxyl groups excluding tert-OH is 1. The number of anilines is 1. The van der Waals surface area contributed by atoms with E-state index in [1.54, 1.807) is 17.7 Å². The Morgan fingerprint density at radius 2 is 2.28 bits per heavy atom. The summed E-state index contributed by atoms with van der Waals surface area (Å²) >= 11 is 1.59. The molecule has 1 aliphatic rings. The number of rotatable bonds is 4. The summed E-state index contributed by atoms with van der Waals surface area (Å²) in [7, 11) is 0. The van der Waals surface area contributed by atoms with Gasteiger partial charge in [-0.05, 0) is 30.5 Å². The Hall–Kier alpha value is -2.02. The highest BCUT2D eigenvalue weighted by Gasteiger charge is 2.28. The summed E-state index contributed by atoms with van der Waals surface area (Å²) in [6.07, 6.45) is 1.76. The molecule has 2 aromatic heterocycles. The lowest BCUT2D eigenvalue weighted by Gasteiger charge is -2.37. The van der Waals surface area contributed by atoms with Crippen molar-refractivity contribution in [3.63, 3.8) is 0 Å². The predicted molar refractivity (Wildman–Crippen MR) is 100 cm³/mol. The van der Waals surface area contributed by atoms with Gasteiger partial charge in [0.25, 0.3) is 0 Å². The number of aliphatic hydroxyl groups is 1. The molecule has 1 aliphatic heterocycles. The van der Waals surface area contributed by atoms with Crippen LogP contribution in [0.4, 0.5) is 5.82 Å². The van der Waals surface area contributed by atoms with Crippen LogP contribution in [0.3, 0.4) is 0 Å². The fourth-order valence-corrected chi connectivity index (χ4v) is 4.09. The molecule has 1 N–H and O–H groups in total. The van der Waals surface area contributed by atoms with E-state index in [0.29, 0.717) is 19.6 Å². The van der Waals surface area contributed by atoms with Crippen LogP contribution in [0.25, 0.3) is 10.9 Å². The number of morpholine rings is 1. The SMILES string of the molecule is Cc1ccc2ncnc(N3CCOCC3CC(O)c3cccs3)c2c1. The molecular weight excluding hydrogens is 334 g/mol. The minimum atomic E-state index is -0.482. The monoisotopic (exact) mass is 355 g/mol. The Morgan fingerprint density at radius 1 is 1.36 bits per heavy atom. The topological polar surface area (TPSA) is 58.5 Å². The van der Waals surface area contributed by atoms with Crippen LogP contribution in [-0.2, 0) is 4.74 Å². The van der Waals surface area contributed by atoms with Gasteiger partial charge in [0.1, 0.15) is 12.1 Å². The van der Waals surface area contributed by atoms with E-state index in [1.807, 2.05) is 23.6 Å². The zero-order valence-electron chi connectivity index (χ0n) is 14.1. The molecule has 5 nitrogen and oxygen atoms in total. The van der Waals surface area contributed by atoms with Crippen molar-refractivity contribution >= 4 is 28.1 Å². The van der Waals surface area contributed by atoms with Gasteiger partial charge in [-0.25, -0.2) is 9.97 Å². The van der Waals surface area contributed by atoms with E-state index in [9.17, 15) is 5.11 Å². The van der Waals surface area contributed by atoms with Gasteiger partial charge in [-0.15, -0.1) is 11.3 Å². The summed E-state index contributed by atoms with van der Waals surface area (Å²) < 4.78 is 5.70. The maximum atomic E-state index is 10.6. The average Bonchev–Trinajstić information content (AvgIpc) is 3.17. The molecule has 1 saturated heterocycles. The number of nitrogens with zero attached hydrogens (tertiary/aromatic N) is 3. The molecule has 2 unspecified atom stereocenters. The molecule has 1 fully saturated rings. The van der Waals surface area contributed by atoms with E-state index in [0.717, 1.165) is 28.1 Å². The van der Waals surface area contributed by atoms with Gasteiger partial charge < -0.3 is 14.7 Å². The fraction of sp³-hybridized carbons (Fsp3) is 0.368. The maximum absolute atomic E-state index is 10.6. The second-order valence-corrected chi connectivity index (χ2v) is 7.39. The third-order valence-electron chi connectivity index (χ3n) is 4.64. The van der Waals surface area contributed by atoms with E-state index in [1.165, 1.54) is 5.56 Å². The summed E-state index contributed by atoms with van der Waals surface area (Å²) in [6, 6.07) is 10.3. The van der Waals surface area contributed by atoms with Crippen molar-refractivity contribution in [2.24, 2.45) is 0 Å². The van der Waals surface area contributed by atoms with Crippen molar-refractivity contribution in [1.82, 2.24) is 9.97 Å². The quantitative estimate of drug-likeness (QED) is 0.778. The first kappa shape index (κ1) is 16.4. The molecule has 3 heterocycles. The first-order valence-electron chi connectivity index (χ1n) is 8.49. The molecule has 0 amide bonds. The van der Waals surface area contributed by atoms with E-state index < -0.39 is 6.10 Å². The van der Waals surface area contributed by atoms with Gasteiger partial charge in [0.05, 0.1) is 30.9 Å². The van der Waals surface area contributed by atoms with Crippen LogP contribution in [0.15, 0.2) is 42.0 Å². The number of aryl methyl sites for hydroxylation is 1. The van der Waals surface area contributed by atoms with E-state index in [-0.39, 0.29) is 6.04 Å². The molecule has 0 radical (unpaired) electrons. The maximum Gasteiger partial charge on any atom is 0.140 e. The van der Waals surface area contributed by atoms with Crippen molar-refractivity contribution in [1.29, 1.82) is 0 Å². The minimum Gasteiger partial charge on any atom is -0.387 e. The lowest BCUT2D eigenvalue weighted by molar-refractivity contribution is 0.0686. The van der Waals surface area contributed by atoms with Crippen LogP contribution in [0, 0.1) is 6.92 Å². The molecule has 0 bridgehead atoms. The molecule has 0 spiro atoms. The zero-order valence-corrected chi connectivity index (χ0v) is 14.9. The highest BCUT2D eigenvalue weighted by atomic mass is 32.1. The Kier molecular flexibility index (Phi) is 4.65. The van der Waals surface area contributed by atoms with Gasteiger partial charge >= 0.3 is 0 Å². The molecule has 25 heavy (non-hydrogen) atoms. The molecule has 4 rings (SSSR count). The second-order valence-electron chi connectivity index (χ2n) is 6.41. The van der Waals surface area contributed by atoms with Crippen LogP contribution in [-0.4, -0.2) is 40.9 Å². The van der Waals surface area contributed by atoms with Crippen LogP contribution in [0.2, 0.25) is 0 Å². The Balaban J connectivity index is 1.66. The van der Waals surface area contributed by atoms with Gasteiger partial charge in [0.15, 0.2) is 0 Å². The summed E-state index contributed by atoms with van der Waals surface area (Å²) in [5.41, 5.74) is 2.13. The summed E-state index contributed by atoms with van der Waals surface area (Å²) in [6.45, 7) is 4.11. The Labute approximate surface area is 150 Å². The molecule has 1 aromatic carbocycles. The lowest BCUT2D eigenvalue weighted by Crippen LogP contribution is -2.46. The van der Waals surface area contributed by atoms with Gasteiger partial charge in [0, 0.05) is 23.2 Å². The predicted octanol–water partition coefficient (Wildman–Crippen LogP) is 3.33. The number of ether oxygens (including phenoxy) is 1. The van der Waals surface area contributed by atoms with Crippen LogP contribution in [0.1, 0.15) is 23.0 Å². The molecule has 3 aromatic rings. The van der Waals surface area contributed by atoms with Crippen LogP contribution >= 0.6 is 11.3 Å². The molecule has 130 valence electrons. The number of aromatic nitrogens is 2. The molecule has 6 heteroatoms. The smallest absolute Gasteiger partial charge is 0.140 e. The molecule has 2 atom stereocenters. The van der Waals surface area contributed by atoms with Gasteiger partial charge in [-0.3, -0.25) is 0 Å². The number of fused-ring (bicyclic) bond motifs is 1. The molecule has 0 aliphatic carbocycles. The molecular formula is C19H21N3O2S. The Morgan fingerprint density at radius 3 is 3.12 bits per heavy atom. The third kappa shape index (κ3) is 3.38. The second kappa shape index (κ2) is 7.07. The fourth-order valence-electron chi connectivity index (χ4n) is 3.37. The van der Waals surface area contributed by atoms with Crippen molar-refractivity contribution in [2.75, 3.05) is 24.7 Å². The number of benzene rings is 1. The average molecular weight is 355 g/mol. The summed E-state index contributed by atoms with van der Waals surface area (Å²) in [5.74, 6) is 0.931. The van der Waals surface area contributed by atoms with Gasteiger partial charge in [-0.2, -0.15) is 0 Å². The zero-order chi connectivity index (χ0) is 17.2. The van der Waals surface area contributed by atoms with Crippen LogP contribution < -0.4 is 4.90 Å². The first-order chi connectivity index (χ1) is 12.2. The van der Waals surface area contributed by atoms with Crippen molar-refractivity contribution in [2.45, 2.75) is 25.5 Å². The molecule has 0 saturated carbocycles. The van der Waals surface area contributed by atoms with E-state index in [2.05, 4.69) is 33.9 Å². The standard InChI is InChI=1S/C19H21N3O2S/c1-13-4-5-16-15(9-13)19(21-12-20-16)22-6-7-24-11-14(22)10-17(23)18-3-2-8-25-18/h2-5,8-9,12,14,17,23H,6-7,10-11H2,1H3. The minimum absolute atomic E-state index is 0.0875. The largest absolute Gasteiger partial charge is 0.387 e. The van der Waals surface area contributed by atoms with E-state index >= 15 is 0 Å². The van der Waals surface area contributed by atoms with E-state index in [4.69, 9.17) is 4.74 Å². The normalized spacial score (nSPS) is 19.3. The highest BCUT2D eigenvalue weighted by molar-refractivity contribution is 7.10. The number of thiophene rings is 1. The Bertz CT molecular complexity index is 853. The number of hydrogen-bond donors (Lipinski definition) is 1. The van der Waals surface area contributed by atoms with Crippen molar-refractivity contribution in [3.05, 3.63) is 52.5 Å². The summed E-state index contributed by atoms with van der Waals surface area (Å²) in [5, 5.41) is 13.6. The van der Waals surface area contributed by atoms with Crippen molar-refractivity contribution < 1.29 is 9.84 Å². The third-order valence-corrected chi connectivity index (χ3v) is 5.61. The van der Waals surface area contributed by atoms with Gasteiger partial charge in [-0.1, -0.05) is 17.7 Å². The number of hydrogen-bond acceptors (Lipinski definition) is 6. The van der Waals surface area contributed by atoms with Crippen molar-refractivity contribution in [3.8, 4) is 0 Å².